The lowest BCUT2D eigenvalue weighted by molar-refractivity contribution is 0.572. The number of hydrogen-bond acceptors (Lipinski definition) is 4. The third kappa shape index (κ3) is 3.28. The van der Waals surface area contributed by atoms with E-state index < -0.39 is 10.0 Å². The van der Waals surface area contributed by atoms with Crippen LogP contribution in [0, 0.1) is 0 Å². The molecule has 0 spiro atoms. The Morgan fingerprint density at radius 1 is 1.37 bits per heavy atom. The molecule has 1 aromatic carbocycles. The first-order valence-corrected chi connectivity index (χ1v) is 7.57. The van der Waals surface area contributed by atoms with E-state index in [4.69, 9.17) is 5.73 Å². The number of aromatic nitrogens is 1. The van der Waals surface area contributed by atoms with Crippen LogP contribution in [-0.2, 0) is 10.0 Å². The van der Waals surface area contributed by atoms with E-state index in [9.17, 15) is 8.42 Å². The molecule has 1 unspecified atom stereocenters. The zero-order valence-electron chi connectivity index (χ0n) is 10.7. The molecule has 5 nitrogen and oxygen atoms in total. The SMILES string of the molecule is CC(N)CCNS(=O)(=O)c1cccc2cnccc12. The van der Waals surface area contributed by atoms with Gasteiger partial charge in [0, 0.05) is 35.8 Å². The third-order valence-electron chi connectivity index (χ3n) is 2.82. The van der Waals surface area contributed by atoms with Gasteiger partial charge in [-0.2, -0.15) is 0 Å². The standard InChI is InChI=1S/C13H17N3O2S/c1-10(14)5-8-16-19(17,18)13-4-2-3-11-9-15-7-6-12(11)13/h2-4,6-7,9-10,16H,5,8,14H2,1H3. The molecule has 0 aliphatic heterocycles. The Kier molecular flexibility index (Phi) is 4.14. The highest BCUT2D eigenvalue weighted by atomic mass is 32.2. The van der Waals surface area contributed by atoms with Crippen LogP contribution < -0.4 is 10.5 Å². The Morgan fingerprint density at radius 2 is 2.16 bits per heavy atom. The minimum absolute atomic E-state index is 0.0283. The van der Waals surface area contributed by atoms with Gasteiger partial charge in [-0.25, -0.2) is 13.1 Å². The Labute approximate surface area is 112 Å². The topological polar surface area (TPSA) is 85.1 Å². The molecule has 0 saturated heterocycles. The molecule has 0 aliphatic rings. The summed E-state index contributed by atoms with van der Waals surface area (Å²) < 4.78 is 27.1. The molecule has 0 bridgehead atoms. The maximum atomic E-state index is 12.3. The van der Waals surface area contributed by atoms with Crippen molar-refractivity contribution < 1.29 is 8.42 Å². The number of fused-ring (bicyclic) bond motifs is 1. The first-order chi connectivity index (χ1) is 9.00. The summed E-state index contributed by atoms with van der Waals surface area (Å²) in [5.41, 5.74) is 5.61. The second-order valence-electron chi connectivity index (χ2n) is 4.52. The van der Waals surface area contributed by atoms with Gasteiger partial charge in [0.05, 0.1) is 4.90 Å². The van der Waals surface area contributed by atoms with Crippen molar-refractivity contribution in [2.45, 2.75) is 24.3 Å². The Balaban J connectivity index is 2.33. The van der Waals surface area contributed by atoms with Gasteiger partial charge in [0.25, 0.3) is 0 Å². The van der Waals surface area contributed by atoms with Crippen molar-refractivity contribution >= 4 is 20.8 Å². The van der Waals surface area contributed by atoms with E-state index in [2.05, 4.69) is 9.71 Å². The van der Waals surface area contributed by atoms with Crippen LogP contribution in [0.25, 0.3) is 10.8 Å². The van der Waals surface area contributed by atoms with E-state index in [1.54, 1.807) is 30.6 Å². The summed E-state index contributed by atoms with van der Waals surface area (Å²) in [5.74, 6) is 0. The molecule has 102 valence electrons. The normalized spacial score (nSPS) is 13.6. The molecule has 0 fully saturated rings. The van der Waals surface area contributed by atoms with Crippen molar-refractivity contribution in [1.29, 1.82) is 0 Å². The molecule has 0 saturated carbocycles. The molecule has 1 aromatic heterocycles. The average molecular weight is 279 g/mol. The monoisotopic (exact) mass is 279 g/mol. The van der Waals surface area contributed by atoms with Gasteiger partial charge in [-0.05, 0) is 25.5 Å². The summed E-state index contributed by atoms with van der Waals surface area (Å²) >= 11 is 0. The zero-order chi connectivity index (χ0) is 13.9. The van der Waals surface area contributed by atoms with Crippen LogP contribution in [-0.4, -0.2) is 26.0 Å². The Morgan fingerprint density at radius 3 is 2.89 bits per heavy atom. The van der Waals surface area contributed by atoms with Crippen LogP contribution in [0.3, 0.4) is 0 Å². The summed E-state index contributed by atoms with van der Waals surface area (Å²) in [7, 11) is -3.52. The van der Waals surface area contributed by atoms with Crippen molar-refractivity contribution in [3.63, 3.8) is 0 Å². The number of hydrogen-bond donors (Lipinski definition) is 2. The lowest BCUT2D eigenvalue weighted by Gasteiger charge is -2.10. The van der Waals surface area contributed by atoms with Gasteiger partial charge in [0.1, 0.15) is 0 Å². The van der Waals surface area contributed by atoms with Crippen LogP contribution in [0.1, 0.15) is 13.3 Å². The van der Waals surface area contributed by atoms with Gasteiger partial charge in [0.2, 0.25) is 10.0 Å². The minimum atomic E-state index is -3.52. The van der Waals surface area contributed by atoms with Crippen molar-refractivity contribution in [2.24, 2.45) is 5.73 Å². The zero-order valence-corrected chi connectivity index (χ0v) is 11.5. The van der Waals surface area contributed by atoms with Gasteiger partial charge >= 0.3 is 0 Å². The van der Waals surface area contributed by atoms with Crippen LogP contribution in [0.15, 0.2) is 41.6 Å². The molecule has 1 atom stereocenters. The Bertz CT molecular complexity index is 663. The fourth-order valence-corrected chi connectivity index (χ4v) is 3.10. The quantitative estimate of drug-likeness (QED) is 0.862. The largest absolute Gasteiger partial charge is 0.328 e. The van der Waals surface area contributed by atoms with Crippen molar-refractivity contribution in [3.05, 3.63) is 36.7 Å². The van der Waals surface area contributed by atoms with Gasteiger partial charge in [0.15, 0.2) is 0 Å². The second kappa shape index (κ2) is 5.64. The molecular weight excluding hydrogens is 262 g/mol. The first kappa shape index (κ1) is 13.9. The molecule has 1 heterocycles. The van der Waals surface area contributed by atoms with Crippen molar-refractivity contribution in [1.82, 2.24) is 9.71 Å². The van der Waals surface area contributed by atoms with E-state index >= 15 is 0 Å². The fraction of sp³-hybridized carbons (Fsp3) is 0.308. The van der Waals surface area contributed by atoms with Gasteiger partial charge < -0.3 is 5.73 Å². The fourth-order valence-electron chi connectivity index (χ4n) is 1.83. The first-order valence-electron chi connectivity index (χ1n) is 6.09. The number of nitrogens with two attached hydrogens (primary N) is 1. The van der Waals surface area contributed by atoms with Crippen molar-refractivity contribution in [3.8, 4) is 0 Å². The molecule has 2 rings (SSSR count). The molecular formula is C13H17N3O2S. The van der Waals surface area contributed by atoms with E-state index in [0.29, 0.717) is 18.4 Å². The van der Waals surface area contributed by atoms with Gasteiger partial charge in [-0.1, -0.05) is 12.1 Å². The maximum Gasteiger partial charge on any atom is 0.241 e. The van der Waals surface area contributed by atoms with Gasteiger partial charge in [-0.15, -0.1) is 0 Å². The molecule has 0 radical (unpaired) electrons. The summed E-state index contributed by atoms with van der Waals surface area (Å²) in [4.78, 5) is 4.26. The third-order valence-corrected chi connectivity index (χ3v) is 4.34. The molecule has 19 heavy (non-hydrogen) atoms. The predicted octanol–water partition coefficient (Wildman–Crippen LogP) is 1.25. The molecule has 3 N–H and O–H groups in total. The number of nitrogens with zero attached hydrogens (tertiary/aromatic N) is 1. The van der Waals surface area contributed by atoms with E-state index in [1.807, 2.05) is 13.0 Å². The number of nitrogens with one attached hydrogen (secondary N) is 1. The van der Waals surface area contributed by atoms with E-state index in [0.717, 1.165) is 5.39 Å². The summed E-state index contributed by atoms with van der Waals surface area (Å²) in [6.07, 6.45) is 3.84. The van der Waals surface area contributed by atoms with Crippen molar-refractivity contribution in [2.75, 3.05) is 6.54 Å². The smallest absolute Gasteiger partial charge is 0.241 e. The summed E-state index contributed by atoms with van der Waals surface area (Å²) in [6.45, 7) is 2.18. The number of pyridine rings is 1. The predicted molar refractivity (Wildman–Crippen MR) is 75.2 cm³/mol. The average Bonchev–Trinajstić information content (AvgIpc) is 2.37. The number of sulfonamides is 1. The van der Waals surface area contributed by atoms with Gasteiger partial charge in [-0.3, -0.25) is 4.98 Å². The van der Waals surface area contributed by atoms with E-state index in [-0.39, 0.29) is 10.9 Å². The molecule has 2 aromatic rings. The lowest BCUT2D eigenvalue weighted by atomic mass is 10.2. The highest BCUT2D eigenvalue weighted by Crippen LogP contribution is 2.21. The van der Waals surface area contributed by atoms with Crippen LogP contribution in [0.4, 0.5) is 0 Å². The highest BCUT2D eigenvalue weighted by Gasteiger charge is 2.16. The Hall–Kier alpha value is -1.50. The maximum absolute atomic E-state index is 12.3. The summed E-state index contributed by atoms with van der Waals surface area (Å²) in [6, 6.07) is 6.82. The molecule has 6 heteroatoms. The highest BCUT2D eigenvalue weighted by molar-refractivity contribution is 7.89. The number of benzene rings is 1. The summed E-state index contributed by atoms with van der Waals surface area (Å²) in [5, 5.41) is 1.48. The van der Waals surface area contributed by atoms with E-state index in [1.165, 1.54) is 0 Å². The lowest BCUT2D eigenvalue weighted by Crippen LogP contribution is -2.29. The van der Waals surface area contributed by atoms with Crippen LogP contribution in [0.2, 0.25) is 0 Å². The van der Waals surface area contributed by atoms with Crippen LogP contribution in [0.5, 0.6) is 0 Å². The minimum Gasteiger partial charge on any atom is -0.328 e. The van der Waals surface area contributed by atoms with Crippen LogP contribution >= 0.6 is 0 Å². The second-order valence-corrected chi connectivity index (χ2v) is 6.25. The molecule has 0 amide bonds. The number of rotatable bonds is 5. The molecule has 0 aliphatic carbocycles.